The van der Waals surface area contributed by atoms with Crippen molar-refractivity contribution in [3.8, 4) is 0 Å². The highest BCUT2D eigenvalue weighted by molar-refractivity contribution is 5.79. The van der Waals surface area contributed by atoms with Gasteiger partial charge in [0.25, 0.3) is 0 Å². The number of aromatic amines is 1. The highest BCUT2D eigenvalue weighted by atomic mass is 15.2. The Bertz CT molecular complexity index is 526. The van der Waals surface area contributed by atoms with Gasteiger partial charge in [0.2, 0.25) is 0 Å². The molecule has 0 bridgehead atoms. The third kappa shape index (κ3) is 2.67. The molecule has 0 spiro atoms. The summed E-state index contributed by atoms with van der Waals surface area (Å²) in [5.41, 5.74) is 2.72. The van der Waals surface area contributed by atoms with Crippen LogP contribution in [0.4, 0.5) is 0 Å². The first kappa shape index (κ1) is 12.7. The summed E-state index contributed by atoms with van der Waals surface area (Å²) in [4.78, 5) is 5.96. The minimum Gasteiger partial charge on any atom is -0.361 e. The molecule has 1 aliphatic heterocycles. The van der Waals surface area contributed by atoms with Crippen molar-refractivity contribution in [2.24, 2.45) is 0 Å². The topological polar surface area (TPSA) is 31.1 Å². The van der Waals surface area contributed by atoms with Gasteiger partial charge < -0.3 is 10.3 Å². The molecule has 1 aromatic heterocycles. The fraction of sp³-hybridized carbons (Fsp3) is 0.500. The van der Waals surface area contributed by atoms with Gasteiger partial charge in [-0.1, -0.05) is 25.5 Å². The first-order valence-corrected chi connectivity index (χ1v) is 7.40. The lowest BCUT2D eigenvalue weighted by Gasteiger charge is -2.35. The quantitative estimate of drug-likeness (QED) is 0.882. The molecule has 0 saturated carbocycles. The van der Waals surface area contributed by atoms with Crippen LogP contribution in [0, 0.1) is 0 Å². The molecule has 2 aromatic rings. The summed E-state index contributed by atoms with van der Waals surface area (Å²) in [6.45, 7) is 6.83. The van der Waals surface area contributed by atoms with E-state index in [1.165, 1.54) is 29.3 Å². The van der Waals surface area contributed by atoms with E-state index in [0.29, 0.717) is 6.04 Å². The minimum absolute atomic E-state index is 0.569. The summed E-state index contributed by atoms with van der Waals surface area (Å²) in [7, 11) is 0. The molecule has 1 aliphatic rings. The molecule has 0 amide bonds. The van der Waals surface area contributed by atoms with E-state index in [4.69, 9.17) is 0 Å². The van der Waals surface area contributed by atoms with E-state index in [2.05, 4.69) is 46.4 Å². The lowest BCUT2D eigenvalue weighted by atomic mass is 9.99. The Balaban J connectivity index is 1.88. The highest BCUT2D eigenvalue weighted by Crippen LogP contribution is 2.28. The number of piperazine rings is 1. The van der Waals surface area contributed by atoms with Crippen LogP contribution in [0.1, 0.15) is 31.4 Å². The predicted molar refractivity (Wildman–Crippen MR) is 80.4 cm³/mol. The summed E-state index contributed by atoms with van der Waals surface area (Å²) in [5.74, 6) is 0. The van der Waals surface area contributed by atoms with Crippen LogP contribution in [0.15, 0.2) is 30.5 Å². The first-order valence-electron chi connectivity index (χ1n) is 7.40. The summed E-state index contributed by atoms with van der Waals surface area (Å²) < 4.78 is 0. The number of H-pyrrole nitrogens is 1. The van der Waals surface area contributed by atoms with Crippen LogP contribution < -0.4 is 5.32 Å². The predicted octanol–water partition coefficient (Wildman–Crippen LogP) is 2.91. The summed E-state index contributed by atoms with van der Waals surface area (Å²) >= 11 is 0. The Morgan fingerprint density at radius 2 is 2.05 bits per heavy atom. The minimum atomic E-state index is 0.569. The molecular weight excluding hydrogens is 234 g/mol. The number of nitrogens with zero attached hydrogens (tertiary/aromatic N) is 1. The second-order valence-corrected chi connectivity index (χ2v) is 5.41. The van der Waals surface area contributed by atoms with Gasteiger partial charge in [0.15, 0.2) is 0 Å². The van der Waals surface area contributed by atoms with Crippen molar-refractivity contribution in [1.82, 2.24) is 15.2 Å². The molecule has 19 heavy (non-hydrogen) atoms. The average Bonchev–Trinajstić information content (AvgIpc) is 2.93. The zero-order valence-corrected chi connectivity index (χ0v) is 11.7. The molecular formula is C16H23N3. The molecule has 1 aromatic carbocycles. The summed E-state index contributed by atoms with van der Waals surface area (Å²) in [6, 6.07) is 9.58. The SMILES string of the molecule is CCC[C@H](c1ccc2cc[nH]c2c1)N1CCNCC1. The fourth-order valence-electron chi connectivity index (χ4n) is 3.10. The van der Waals surface area contributed by atoms with Crippen LogP contribution in [0.2, 0.25) is 0 Å². The van der Waals surface area contributed by atoms with Gasteiger partial charge in [-0.3, -0.25) is 4.90 Å². The molecule has 0 aliphatic carbocycles. The molecule has 1 atom stereocenters. The van der Waals surface area contributed by atoms with Crippen molar-refractivity contribution < 1.29 is 0 Å². The van der Waals surface area contributed by atoms with Crippen LogP contribution >= 0.6 is 0 Å². The van der Waals surface area contributed by atoms with Crippen molar-refractivity contribution in [2.45, 2.75) is 25.8 Å². The first-order chi connectivity index (χ1) is 9.38. The van der Waals surface area contributed by atoms with Gasteiger partial charge in [-0.25, -0.2) is 0 Å². The van der Waals surface area contributed by atoms with E-state index in [1.807, 2.05) is 6.20 Å². The van der Waals surface area contributed by atoms with Crippen LogP contribution in [0.25, 0.3) is 10.9 Å². The van der Waals surface area contributed by atoms with Crippen LogP contribution in [0.3, 0.4) is 0 Å². The summed E-state index contributed by atoms with van der Waals surface area (Å²) in [6.07, 6.45) is 4.50. The molecule has 3 rings (SSSR count). The van der Waals surface area contributed by atoms with E-state index in [1.54, 1.807) is 0 Å². The Labute approximate surface area is 115 Å². The van der Waals surface area contributed by atoms with E-state index in [-0.39, 0.29) is 0 Å². The number of hydrogen-bond acceptors (Lipinski definition) is 2. The van der Waals surface area contributed by atoms with E-state index in [0.717, 1.165) is 26.2 Å². The van der Waals surface area contributed by atoms with Crippen LogP contribution in [-0.2, 0) is 0 Å². The molecule has 0 unspecified atom stereocenters. The lowest BCUT2D eigenvalue weighted by molar-refractivity contribution is 0.165. The Kier molecular flexibility index (Phi) is 3.85. The zero-order chi connectivity index (χ0) is 13.1. The maximum Gasteiger partial charge on any atom is 0.0457 e. The van der Waals surface area contributed by atoms with E-state index < -0.39 is 0 Å². The maximum absolute atomic E-state index is 3.44. The second kappa shape index (κ2) is 5.76. The van der Waals surface area contributed by atoms with Crippen molar-refractivity contribution in [1.29, 1.82) is 0 Å². The molecule has 3 nitrogen and oxygen atoms in total. The van der Waals surface area contributed by atoms with Gasteiger partial charge in [0, 0.05) is 43.9 Å². The van der Waals surface area contributed by atoms with Crippen molar-refractivity contribution in [3.63, 3.8) is 0 Å². The van der Waals surface area contributed by atoms with Gasteiger partial charge in [0.05, 0.1) is 0 Å². The van der Waals surface area contributed by atoms with Gasteiger partial charge in [-0.2, -0.15) is 0 Å². The molecule has 3 heteroatoms. The lowest BCUT2D eigenvalue weighted by Crippen LogP contribution is -2.45. The van der Waals surface area contributed by atoms with Gasteiger partial charge in [0.1, 0.15) is 0 Å². The molecule has 1 saturated heterocycles. The van der Waals surface area contributed by atoms with Crippen molar-refractivity contribution in [3.05, 3.63) is 36.0 Å². The zero-order valence-electron chi connectivity index (χ0n) is 11.7. The Morgan fingerprint density at radius 1 is 1.21 bits per heavy atom. The third-order valence-corrected chi connectivity index (χ3v) is 4.12. The summed E-state index contributed by atoms with van der Waals surface area (Å²) in [5, 5.41) is 4.75. The second-order valence-electron chi connectivity index (χ2n) is 5.41. The Hall–Kier alpha value is -1.32. The largest absolute Gasteiger partial charge is 0.361 e. The number of hydrogen-bond donors (Lipinski definition) is 2. The Morgan fingerprint density at radius 3 is 2.84 bits per heavy atom. The molecule has 1 fully saturated rings. The van der Waals surface area contributed by atoms with E-state index >= 15 is 0 Å². The van der Waals surface area contributed by atoms with Gasteiger partial charge in [-0.15, -0.1) is 0 Å². The fourth-order valence-corrected chi connectivity index (χ4v) is 3.10. The van der Waals surface area contributed by atoms with Crippen LogP contribution in [-0.4, -0.2) is 36.1 Å². The number of nitrogens with one attached hydrogen (secondary N) is 2. The number of benzene rings is 1. The van der Waals surface area contributed by atoms with Gasteiger partial charge in [-0.05, 0) is 29.5 Å². The average molecular weight is 257 g/mol. The monoisotopic (exact) mass is 257 g/mol. The molecule has 0 radical (unpaired) electrons. The normalized spacial score (nSPS) is 18.8. The smallest absolute Gasteiger partial charge is 0.0457 e. The molecule has 2 heterocycles. The molecule has 2 N–H and O–H groups in total. The number of aromatic nitrogens is 1. The number of fused-ring (bicyclic) bond motifs is 1. The van der Waals surface area contributed by atoms with E-state index in [9.17, 15) is 0 Å². The highest BCUT2D eigenvalue weighted by Gasteiger charge is 2.21. The molecule has 102 valence electrons. The van der Waals surface area contributed by atoms with Crippen LogP contribution in [0.5, 0.6) is 0 Å². The standard InChI is InChI=1S/C16H23N3/c1-2-3-16(19-10-8-17-9-11-19)14-5-4-13-6-7-18-15(13)12-14/h4-7,12,16-18H,2-3,8-11H2,1H3/t16-/m1/s1. The van der Waals surface area contributed by atoms with Crippen molar-refractivity contribution >= 4 is 10.9 Å². The maximum atomic E-state index is 3.44. The number of rotatable bonds is 4. The third-order valence-electron chi connectivity index (χ3n) is 4.12. The van der Waals surface area contributed by atoms with Crippen molar-refractivity contribution in [2.75, 3.05) is 26.2 Å². The van der Waals surface area contributed by atoms with Gasteiger partial charge >= 0.3 is 0 Å².